The number of carbonyl (C=O) groups excluding carboxylic acids is 2. The summed E-state index contributed by atoms with van der Waals surface area (Å²) in [4.78, 5) is 27.8. The molecule has 136 valence electrons. The van der Waals surface area contributed by atoms with Gasteiger partial charge in [-0.15, -0.1) is 11.8 Å². The minimum Gasteiger partial charge on any atom is -0.349 e. The summed E-state index contributed by atoms with van der Waals surface area (Å²) in [7, 11) is 0. The van der Waals surface area contributed by atoms with E-state index in [0.29, 0.717) is 17.2 Å². The van der Waals surface area contributed by atoms with Gasteiger partial charge in [0.05, 0.1) is 11.3 Å². The average molecular weight is 361 g/mol. The van der Waals surface area contributed by atoms with Crippen LogP contribution in [-0.4, -0.2) is 41.6 Å². The monoisotopic (exact) mass is 360 g/mol. The summed E-state index contributed by atoms with van der Waals surface area (Å²) in [5, 5.41) is 3.20. The van der Waals surface area contributed by atoms with Crippen LogP contribution in [0.25, 0.3) is 0 Å². The number of likely N-dealkylation sites (tertiary alicyclic amines) is 1. The second kappa shape index (κ2) is 8.75. The highest BCUT2D eigenvalue weighted by Crippen LogP contribution is 2.26. The predicted octanol–water partition coefficient (Wildman–Crippen LogP) is 3.71. The molecule has 1 heterocycles. The van der Waals surface area contributed by atoms with Crippen molar-refractivity contribution in [1.29, 1.82) is 0 Å². The first-order valence-electron chi connectivity index (χ1n) is 9.44. The fraction of sp³-hybridized carbons (Fsp3) is 0.600. The van der Waals surface area contributed by atoms with E-state index in [9.17, 15) is 9.59 Å². The molecular formula is C20H28N2O2S. The quantitative estimate of drug-likeness (QED) is 0.815. The van der Waals surface area contributed by atoms with Crippen molar-refractivity contribution in [2.45, 2.75) is 56.4 Å². The Balaban J connectivity index is 1.59. The van der Waals surface area contributed by atoms with Gasteiger partial charge in [0.1, 0.15) is 0 Å². The predicted molar refractivity (Wildman–Crippen MR) is 102 cm³/mol. The van der Waals surface area contributed by atoms with Crippen LogP contribution in [0.3, 0.4) is 0 Å². The molecular weight excluding hydrogens is 332 g/mol. The minimum absolute atomic E-state index is 0.00387. The standard InChI is InChI=1S/C20H28N2O2S/c1-15-7-6-8-16(13-15)21-20(24)17-9-2-3-10-18(17)25-14-19(23)22-11-4-5-12-22/h2-3,9-10,15-16H,4-8,11-14H2,1H3,(H,21,24). The molecule has 1 saturated carbocycles. The van der Waals surface area contributed by atoms with Crippen molar-refractivity contribution in [3.05, 3.63) is 29.8 Å². The third-order valence-electron chi connectivity index (χ3n) is 5.21. The number of thioether (sulfide) groups is 1. The molecule has 3 rings (SSSR count). The molecule has 0 radical (unpaired) electrons. The number of nitrogens with zero attached hydrogens (tertiary/aromatic N) is 1. The summed E-state index contributed by atoms with van der Waals surface area (Å²) < 4.78 is 0. The van der Waals surface area contributed by atoms with E-state index in [-0.39, 0.29) is 17.9 Å². The van der Waals surface area contributed by atoms with Crippen LogP contribution < -0.4 is 5.32 Å². The van der Waals surface area contributed by atoms with Gasteiger partial charge in [0.25, 0.3) is 5.91 Å². The molecule has 1 aliphatic heterocycles. The lowest BCUT2D eigenvalue weighted by atomic mass is 9.87. The van der Waals surface area contributed by atoms with Crippen molar-refractivity contribution in [1.82, 2.24) is 10.2 Å². The van der Waals surface area contributed by atoms with Crippen LogP contribution in [0.2, 0.25) is 0 Å². The van der Waals surface area contributed by atoms with Gasteiger partial charge in [-0.2, -0.15) is 0 Å². The highest BCUT2D eigenvalue weighted by Gasteiger charge is 2.23. The Morgan fingerprint density at radius 1 is 1.16 bits per heavy atom. The van der Waals surface area contributed by atoms with Crippen LogP contribution in [0, 0.1) is 5.92 Å². The molecule has 5 heteroatoms. The van der Waals surface area contributed by atoms with Gasteiger partial charge in [0.2, 0.25) is 5.91 Å². The van der Waals surface area contributed by atoms with Crippen LogP contribution in [0.15, 0.2) is 29.2 Å². The van der Waals surface area contributed by atoms with Gasteiger partial charge in [0, 0.05) is 24.0 Å². The molecule has 0 bridgehead atoms. The third kappa shape index (κ3) is 5.00. The molecule has 1 N–H and O–H groups in total. The Kier molecular flexibility index (Phi) is 6.40. The fourth-order valence-electron chi connectivity index (χ4n) is 3.81. The van der Waals surface area contributed by atoms with Gasteiger partial charge in [-0.25, -0.2) is 0 Å². The first-order chi connectivity index (χ1) is 12.1. The number of benzene rings is 1. The SMILES string of the molecule is CC1CCCC(NC(=O)c2ccccc2SCC(=O)N2CCCC2)C1. The van der Waals surface area contributed by atoms with Crippen molar-refractivity contribution in [2.24, 2.45) is 5.92 Å². The second-order valence-corrected chi connectivity index (χ2v) is 8.33. The van der Waals surface area contributed by atoms with Gasteiger partial charge in [0.15, 0.2) is 0 Å². The zero-order valence-electron chi connectivity index (χ0n) is 15.0. The number of nitrogens with one attached hydrogen (secondary N) is 1. The average Bonchev–Trinajstić information content (AvgIpc) is 3.14. The first-order valence-corrected chi connectivity index (χ1v) is 10.4. The number of rotatable bonds is 5. The Morgan fingerprint density at radius 2 is 1.92 bits per heavy atom. The molecule has 1 aromatic rings. The minimum atomic E-state index is -0.00387. The molecule has 2 fully saturated rings. The summed E-state index contributed by atoms with van der Waals surface area (Å²) in [6.45, 7) is 4.01. The van der Waals surface area contributed by atoms with Crippen LogP contribution in [0.1, 0.15) is 55.8 Å². The van der Waals surface area contributed by atoms with Crippen molar-refractivity contribution >= 4 is 23.6 Å². The Labute approximate surface area is 154 Å². The van der Waals surface area contributed by atoms with Crippen LogP contribution in [0.4, 0.5) is 0 Å². The summed E-state index contributed by atoms with van der Waals surface area (Å²) in [5.74, 6) is 1.27. The van der Waals surface area contributed by atoms with E-state index < -0.39 is 0 Å². The highest BCUT2D eigenvalue weighted by atomic mass is 32.2. The van der Waals surface area contributed by atoms with Crippen molar-refractivity contribution in [3.8, 4) is 0 Å². The normalized spacial score (nSPS) is 23.5. The molecule has 0 spiro atoms. The molecule has 2 atom stereocenters. The molecule has 25 heavy (non-hydrogen) atoms. The number of hydrogen-bond acceptors (Lipinski definition) is 3. The molecule has 4 nitrogen and oxygen atoms in total. The summed E-state index contributed by atoms with van der Waals surface area (Å²) in [6.07, 6.45) is 6.79. The summed E-state index contributed by atoms with van der Waals surface area (Å²) >= 11 is 1.48. The molecule has 1 aromatic carbocycles. The lowest BCUT2D eigenvalue weighted by Crippen LogP contribution is -2.38. The van der Waals surface area contributed by atoms with Crippen LogP contribution >= 0.6 is 11.8 Å². The lowest BCUT2D eigenvalue weighted by molar-refractivity contribution is -0.127. The van der Waals surface area contributed by atoms with Crippen molar-refractivity contribution < 1.29 is 9.59 Å². The lowest BCUT2D eigenvalue weighted by Gasteiger charge is -2.27. The molecule has 2 aliphatic rings. The van der Waals surface area contributed by atoms with Crippen LogP contribution in [-0.2, 0) is 4.79 Å². The van der Waals surface area contributed by atoms with E-state index in [2.05, 4.69) is 12.2 Å². The molecule has 1 aliphatic carbocycles. The maximum atomic E-state index is 12.7. The second-order valence-electron chi connectivity index (χ2n) is 7.31. The smallest absolute Gasteiger partial charge is 0.252 e. The van der Waals surface area contributed by atoms with Crippen LogP contribution in [0.5, 0.6) is 0 Å². The van der Waals surface area contributed by atoms with Crippen molar-refractivity contribution in [2.75, 3.05) is 18.8 Å². The highest BCUT2D eigenvalue weighted by molar-refractivity contribution is 8.00. The van der Waals surface area contributed by atoms with E-state index in [1.165, 1.54) is 24.6 Å². The molecule has 2 amide bonds. The Bertz CT molecular complexity index is 613. The number of hydrogen-bond donors (Lipinski definition) is 1. The Morgan fingerprint density at radius 3 is 2.68 bits per heavy atom. The molecule has 0 aromatic heterocycles. The number of amides is 2. The molecule has 2 unspecified atom stereocenters. The Hall–Kier alpha value is -1.49. The summed E-state index contributed by atoms with van der Waals surface area (Å²) in [5.41, 5.74) is 0.694. The van der Waals surface area contributed by atoms with E-state index in [1.54, 1.807) is 0 Å². The van der Waals surface area contributed by atoms with E-state index >= 15 is 0 Å². The van der Waals surface area contributed by atoms with Crippen molar-refractivity contribution in [3.63, 3.8) is 0 Å². The largest absolute Gasteiger partial charge is 0.349 e. The van der Waals surface area contributed by atoms with E-state index in [4.69, 9.17) is 0 Å². The zero-order valence-corrected chi connectivity index (χ0v) is 15.8. The maximum Gasteiger partial charge on any atom is 0.252 e. The summed E-state index contributed by atoms with van der Waals surface area (Å²) in [6, 6.07) is 7.91. The molecule has 1 saturated heterocycles. The van der Waals surface area contributed by atoms with E-state index in [0.717, 1.165) is 43.7 Å². The van der Waals surface area contributed by atoms with E-state index in [1.807, 2.05) is 29.2 Å². The van der Waals surface area contributed by atoms with Gasteiger partial charge in [-0.05, 0) is 43.7 Å². The van der Waals surface area contributed by atoms with Gasteiger partial charge in [-0.3, -0.25) is 9.59 Å². The number of carbonyl (C=O) groups is 2. The zero-order chi connectivity index (χ0) is 17.6. The third-order valence-corrected chi connectivity index (χ3v) is 6.27. The maximum absolute atomic E-state index is 12.7. The first kappa shape index (κ1) is 18.3. The van der Waals surface area contributed by atoms with Gasteiger partial charge >= 0.3 is 0 Å². The van der Waals surface area contributed by atoms with Gasteiger partial charge in [-0.1, -0.05) is 31.9 Å². The fourth-order valence-corrected chi connectivity index (χ4v) is 4.76. The van der Waals surface area contributed by atoms with Gasteiger partial charge < -0.3 is 10.2 Å². The topological polar surface area (TPSA) is 49.4 Å².